The van der Waals surface area contributed by atoms with Gasteiger partial charge in [-0.25, -0.2) is 0 Å². The maximum absolute atomic E-state index is 3.73. The van der Waals surface area contributed by atoms with Gasteiger partial charge in [-0.2, -0.15) is 0 Å². The van der Waals surface area contributed by atoms with E-state index in [1.54, 1.807) is 0 Å². The number of hydrogen-bond acceptors (Lipinski definition) is 3. The van der Waals surface area contributed by atoms with Crippen molar-refractivity contribution in [2.45, 2.75) is 38.1 Å². The molecule has 16 heavy (non-hydrogen) atoms. The Labute approximate surface area is 100 Å². The second-order valence-electron chi connectivity index (χ2n) is 5.56. The molecule has 2 saturated heterocycles. The minimum atomic E-state index is 0.476. The fourth-order valence-corrected chi connectivity index (χ4v) is 3.00. The fraction of sp³-hybridized carbons (Fsp3) is 1.00. The molecule has 0 aromatic heterocycles. The quantitative estimate of drug-likeness (QED) is 0.774. The molecule has 2 rings (SSSR count). The molecular weight excluding hydrogens is 198 g/mol. The first-order valence-electron chi connectivity index (χ1n) is 6.90. The highest BCUT2D eigenvalue weighted by molar-refractivity contribution is 4.92. The van der Waals surface area contributed by atoms with Crippen LogP contribution in [0, 0.1) is 0 Å². The summed E-state index contributed by atoms with van der Waals surface area (Å²) in [6.07, 6.45) is 5.39. The number of likely N-dealkylation sites (N-methyl/N-ethyl adjacent to an activating group) is 1. The molecule has 0 spiro atoms. The molecule has 0 aliphatic carbocycles. The molecule has 0 radical (unpaired) electrons. The summed E-state index contributed by atoms with van der Waals surface area (Å²) >= 11 is 0. The van der Waals surface area contributed by atoms with Gasteiger partial charge in [0.05, 0.1) is 0 Å². The van der Waals surface area contributed by atoms with Crippen LogP contribution < -0.4 is 5.32 Å². The molecule has 0 amide bonds. The van der Waals surface area contributed by atoms with Gasteiger partial charge in [0.25, 0.3) is 0 Å². The lowest BCUT2D eigenvalue weighted by molar-refractivity contribution is 0.139. The molecule has 0 aromatic carbocycles. The Bertz CT molecular complexity index is 203. The Morgan fingerprint density at radius 1 is 1.19 bits per heavy atom. The monoisotopic (exact) mass is 225 g/mol. The van der Waals surface area contributed by atoms with Crippen LogP contribution in [0.1, 0.15) is 32.6 Å². The molecule has 2 aliphatic heterocycles. The summed E-state index contributed by atoms with van der Waals surface area (Å²) in [6.45, 7) is 9.86. The summed E-state index contributed by atoms with van der Waals surface area (Å²) in [5, 5.41) is 3.73. The summed E-state index contributed by atoms with van der Waals surface area (Å²) in [7, 11) is 2.23. The van der Waals surface area contributed by atoms with Crippen LogP contribution in [0.2, 0.25) is 0 Å². The Kier molecular flexibility index (Phi) is 4.22. The van der Waals surface area contributed by atoms with Crippen LogP contribution in [0.5, 0.6) is 0 Å². The molecule has 0 saturated carbocycles. The number of rotatable bonds is 4. The molecule has 94 valence electrons. The third-order valence-electron chi connectivity index (χ3n) is 4.51. The van der Waals surface area contributed by atoms with Gasteiger partial charge in [-0.05, 0) is 45.8 Å². The topological polar surface area (TPSA) is 18.5 Å². The van der Waals surface area contributed by atoms with E-state index in [-0.39, 0.29) is 0 Å². The van der Waals surface area contributed by atoms with Crippen LogP contribution in [0.15, 0.2) is 0 Å². The van der Waals surface area contributed by atoms with Gasteiger partial charge in [0.1, 0.15) is 0 Å². The van der Waals surface area contributed by atoms with Crippen LogP contribution in [-0.4, -0.2) is 61.7 Å². The zero-order valence-corrected chi connectivity index (χ0v) is 11.0. The van der Waals surface area contributed by atoms with Crippen LogP contribution in [-0.2, 0) is 0 Å². The Balaban J connectivity index is 1.73. The first-order chi connectivity index (χ1) is 7.74. The molecule has 2 heterocycles. The summed E-state index contributed by atoms with van der Waals surface area (Å²) in [5.41, 5.74) is 0.476. The lowest BCUT2D eigenvalue weighted by Gasteiger charge is -2.36. The van der Waals surface area contributed by atoms with E-state index in [2.05, 4.69) is 29.1 Å². The minimum Gasteiger partial charge on any atom is -0.311 e. The first kappa shape index (κ1) is 12.3. The van der Waals surface area contributed by atoms with Gasteiger partial charge in [0.15, 0.2) is 0 Å². The highest BCUT2D eigenvalue weighted by Gasteiger charge is 2.31. The van der Waals surface area contributed by atoms with Crippen molar-refractivity contribution in [3.05, 3.63) is 0 Å². The number of hydrogen-bond donors (Lipinski definition) is 1. The molecular formula is C13H27N3. The van der Waals surface area contributed by atoms with Crippen molar-refractivity contribution in [1.29, 1.82) is 0 Å². The number of nitrogens with one attached hydrogen (secondary N) is 1. The Hall–Kier alpha value is -0.120. The van der Waals surface area contributed by atoms with E-state index < -0.39 is 0 Å². The summed E-state index contributed by atoms with van der Waals surface area (Å²) in [5.74, 6) is 0. The van der Waals surface area contributed by atoms with Gasteiger partial charge in [-0.15, -0.1) is 0 Å². The lowest BCUT2D eigenvalue weighted by Crippen LogP contribution is -2.48. The predicted octanol–water partition coefficient (Wildman–Crippen LogP) is 1.16. The summed E-state index contributed by atoms with van der Waals surface area (Å²) < 4.78 is 0. The molecule has 0 aromatic rings. The first-order valence-corrected chi connectivity index (χ1v) is 6.90. The van der Waals surface area contributed by atoms with Crippen LogP contribution in [0.4, 0.5) is 0 Å². The van der Waals surface area contributed by atoms with Crippen LogP contribution >= 0.6 is 0 Å². The Morgan fingerprint density at radius 2 is 1.94 bits per heavy atom. The lowest BCUT2D eigenvalue weighted by atomic mass is 9.90. The SMILES string of the molecule is CCC1(CCN2CCN(C)CC2)CCCN1. The molecule has 2 aliphatic rings. The smallest absolute Gasteiger partial charge is 0.0191 e. The van der Waals surface area contributed by atoms with E-state index in [1.807, 2.05) is 0 Å². The summed E-state index contributed by atoms with van der Waals surface area (Å²) in [6, 6.07) is 0. The molecule has 3 heteroatoms. The zero-order valence-electron chi connectivity index (χ0n) is 11.0. The average Bonchev–Trinajstić information content (AvgIpc) is 2.78. The van der Waals surface area contributed by atoms with Crippen LogP contribution in [0.25, 0.3) is 0 Å². The van der Waals surface area contributed by atoms with Crippen LogP contribution in [0.3, 0.4) is 0 Å². The average molecular weight is 225 g/mol. The van der Waals surface area contributed by atoms with Gasteiger partial charge in [-0.1, -0.05) is 6.92 Å². The van der Waals surface area contributed by atoms with Crippen molar-refractivity contribution in [3.63, 3.8) is 0 Å². The van der Waals surface area contributed by atoms with Crippen molar-refractivity contribution < 1.29 is 0 Å². The summed E-state index contributed by atoms with van der Waals surface area (Å²) in [4.78, 5) is 5.07. The molecule has 2 fully saturated rings. The largest absolute Gasteiger partial charge is 0.311 e. The van der Waals surface area contributed by atoms with E-state index >= 15 is 0 Å². The fourth-order valence-electron chi connectivity index (χ4n) is 3.00. The van der Waals surface area contributed by atoms with Gasteiger partial charge >= 0.3 is 0 Å². The predicted molar refractivity (Wildman–Crippen MR) is 68.8 cm³/mol. The second-order valence-corrected chi connectivity index (χ2v) is 5.56. The normalized spacial score (nSPS) is 33.4. The van der Waals surface area contributed by atoms with Gasteiger partial charge in [0.2, 0.25) is 0 Å². The van der Waals surface area contributed by atoms with E-state index in [0.29, 0.717) is 5.54 Å². The number of piperazine rings is 1. The molecule has 1 N–H and O–H groups in total. The van der Waals surface area contributed by atoms with Gasteiger partial charge in [0, 0.05) is 31.7 Å². The van der Waals surface area contributed by atoms with Crippen molar-refractivity contribution in [2.75, 3.05) is 46.3 Å². The third kappa shape index (κ3) is 2.96. The highest BCUT2D eigenvalue weighted by Crippen LogP contribution is 2.26. The van der Waals surface area contributed by atoms with E-state index in [0.717, 1.165) is 0 Å². The van der Waals surface area contributed by atoms with Crippen molar-refractivity contribution in [3.8, 4) is 0 Å². The number of nitrogens with zero attached hydrogens (tertiary/aromatic N) is 2. The van der Waals surface area contributed by atoms with Crippen molar-refractivity contribution in [1.82, 2.24) is 15.1 Å². The highest BCUT2D eigenvalue weighted by atomic mass is 15.2. The van der Waals surface area contributed by atoms with E-state index in [9.17, 15) is 0 Å². The van der Waals surface area contributed by atoms with Gasteiger partial charge in [-0.3, -0.25) is 0 Å². The standard InChI is InChI=1S/C13H27N3/c1-3-13(5-4-7-14-13)6-8-16-11-9-15(2)10-12-16/h14H,3-12H2,1-2H3. The van der Waals surface area contributed by atoms with Crippen molar-refractivity contribution >= 4 is 0 Å². The second kappa shape index (κ2) is 5.48. The Morgan fingerprint density at radius 3 is 2.50 bits per heavy atom. The maximum atomic E-state index is 3.73. The minimum absolute atomic E-state index is 0.476. The van der Waals surface area contributed by atoms with E-state index in [4.69, 9.17) is 0 Å². The molecule has 1 atom stereocenters. The van der Waals surface area contributed by atoms with E-state index in [1.165, 1.54) is 65.0 Å². The van der Waals surface area contributed by atoms with Crippen molar-refractivity contribution in [2.24, 2.45) is 0 Å². The zero-order chi connectivity index (χ0) is 11.4. The van der Waals surface area contributed by atoms with Gasteiger partial charge < -0.3 is 15.1 Å². The third-order valence-corrected chi connectivity index (χ3v) is 4.51. The molecule has 3 nitrogen and oxygen atoms in total. The maximum Gasteiger partial charge on any atom is 0.0191 e. The molecule has 1 unspecified atom stereocenters. The molecule has 0 bridgehead atoms.